The highest BCUT2D eigenvalue weighted by Gasteiger charge is 2.23. The van der Waals surface area contributed by atoms with Gasteiger partial charge < -0.3 is 5.73 Å². The standard InChI is InChI=1S/C17H23NS/c18-11-14-7-3-1-2-6-13(14)10-15-12-19-17-9-5-4-8-16(15)17/h4-5,8-9,12-14H,1-3,6-7,10-11,18H2. The van der Waals surface area contributed by atoms with Crippen LogP contribution in [-0.4, -0.2) is 6.54 Å². The largest absolute Gasteiger partial charge is 0.330 e. The summed E-state index contributed by atoms with van der Waals surface area (Å²) in [6, 6.07) is 8.80. The fourth-order valence-corrected chi connectivity index (χ4v) is 4.49. The summed E-state index contributed by atoms with van der Waals surface area (Å²) in [7, 11) is 0. The van der Waals surface area contributed by atoms with E-state index in [1.807, 2.05) is 11.3 Å². The number of benzene rings is 1. The molecule has 1 aromatic carbocycles. The van der Waals surface area contributed by atoms with E-state index in [-0.39, 0.29) is 0 Å². The van der Waals surface area contributed by atoms with Crippen molar-refractivity contribution in [3.05, 3.63) is 35.2 Å². The van der Waals surface area contributed by atoms with Gasteiger partial charge in [0.2, 0.25) is 0 Å². The van der Waals surface area contributed by atoms with Gasteiger partial charge in [-0.25, -0.2) is 0 Å². The molecule has 0 spiro atoms. The lowest BCUT2D eigenvalue weighted by Gasteiger charge is -2.23. The zero-order valence-electron chi connectivity index (χ0n) is 11.5. The molecule has 2 heteroatoms. The quantitative estimate of drug-likeness (QED) is 0.813. The Morgan fingerprint density at radius 2 is 1.84 bits per heavy atom. The molecule has 2 unspecified atom stereocenters. The van der Waals surface area contributed by atoms with Crippen LogP contribution in [0.3, 0.4) is 0 Å². The summed E-state index contributed by atoms with van der Waals surface area (Å²) < 4.78 is 1.43. The van der Waals surface area contributed by atoms with Crippen LogP contribution >= 0.6 is 11.3 Å². The van der Waals surface area contributed by atoms with E-state index in [1.165, 1.54) is 48.6 Å². The molecule has 0 bridgehead atoms. The van der Waals surface area contributed by atoms with Gasteiger partial charge in [0.15, 0.2) is 0 Å². The molecular weight excluding hydrogens is 250 g/mol. The monoisotopic (exact) mass is 273 g/mol. The van der Waals surface area contributed by atoms with Gasteiger partial charge >= 0.3 is 0 Å². The molecule has 1 saturated carbocycles. The summed E-state index contributed by atoms with van der Waals surface area (Å²) >= 11 is 1.89. The number of hydrogen-bond acceptors (Lipinski definition) is 2. The molecule has 0 radical (unpaired) electrons. The molecule has 2 N–H and O–H groups in total. The van der Waals surface area contributed by atoms with E-state index in [0.29, 0.717) is 0 Å². The Labute approximate surface area is 119 Å². The first-order valence-electron chi connectivity index (χ1n) is 7.53. The summed E-state index contributed by atoms with van der Waals surface area (Å²) in [5, 5.41) is 3.83. The van der Waals surface area contributed by atoms with Gasteiger partial charge in [0, 0.05) is 4.70 Å². The van der Waals surface area contributed by atoms with Crippen LogP contribution < -0.4 is 5.73 Å². The van der Waals surface area contributed by atoms with Crippen LogP contribution in [0.15, 0.2) is 29.6 Å². The minimum Gasteiger partial charge on any atom is -0.330 e. The molecule has 1 heterocycles. The molecule has 1 nitrogen and oxygen atoms in total. The molecule has 1 aliphatic rings. The lowest BCUT2D eigenvalue weighted by molar-refractivity contribution is 0.319. The van der Waals surface area contributed by atoms with Crippen LogP contribution in [0.5, 0.6) is 0 Å². The predicted octanol–water partition coefficient (Wildman–Crippen LogP) is 4.60. The molecular formula is C17H23NS. The van der Waals surface area contributed by atoms with E-state index in [4.69, 9.17) is 5.73 Å². The van der Waals surface area contributed by atoms with Crippen LogP contribution in [0.2, 0.25) is 0 Å². The van der Waals surface area contributed by atoms with Crippen molar-refractivity contribution < 1.29 is 0 Å². The van der Waals surface area contributed by atoms with Gasteiger partial charge in [0.05, 0.1) is 0 Å². The van der Waals surface area contributed by atoms with Crippen molar-refractivity contribution in [2.75, 3.05) is 6.54 Å². The molecule has 2 atom stereocenters. The number of nitrogens with two attached hydrogens (primary N) is 1. The SMILES string of the molecule is NCC1CCCCCC1Cc1csc2ccccc12. The molecule has 102 valence electrons. The van der Waals surface area contributed by atoms with Crippen LogP contribution in [0, 0.1) is 11.8 Å². The van der Waals surface area contributed by atoms with E-state index in [0.717, 1.165) is 18.4 Å². The van der Waals surface area contributed by atoms with Gasteiger partial charge in [-0.3, -0.25) is 0 Å². The first kappa shape index (κ1) is 13.1. The second-order valence-electron chi connectivity index (χ2n) is 5.86. The smallest absolute Gasteiger partial charge is 0.0345 e. The highest BCUT2D eigenvalue weighted by atomic mass is 32.1. The molecule has 3 rings (SSSR count). The number of hydrogen-bond donors (Lipinski definition) is 1. The van der Waals surface area contributed by atoms with Crippen molar-refractivity contribution in [3.8, 4) is 0 Å². The third-order valence-electron chi connectivity index (χ3n) is 4.66. The number of rotatable bonds is 3. The average Bonchev–Trinajstić information content (AvgIpc) is 2.71. The summed E-state index contributed by atoms with van der Waals surface area (Å²) in [5.74, 6) is 1.53. The van der Waals surface area contributed by atoms with Crippen LogP contribution in [0.1, 0.15) is 37.7 Å². The minimum atomic E-state index is 0.737. The van der Waals surface area contributed by atoms with Crippen molar-refractivity contribution in [1.29, 1.82) is 0 Å². The Morgan fingerprint density at radius 1 is 1.05 bits per heavy atom. The summed E-state index contributed by atoms with van der Waals surface area (Å²) in [6.07, 6.45) is 8.10. The lowest BCUT2D eigenvalue weighted by atomic mass is 9.83. The Bertz CT molecular complexity index is 531. The van der Waals surface area contributed by atoms with Gasteiger partial charge in [-0.05, 0) is 60.0 Å². The van der Waals surface area contributed by atoms with Crippen molar-refractivity contribution >= 4 is 21.4 Å². The molecule has 0 amide bonds. The Hall–Kier alpha value is -0.860. The molecule has 19 heavy (non-hydrogen) atoms. The van der Waals surface area contributed by atoms with E-state index in [9.17, 15) is 0 Å². The van der Waals surface area contributed by atoms with E-state index >= 15 is 0 Å². The van der Waals surface area contributed by atoms with Gasteiger partial charge in [-0.1, -0.05) is 37.5 Å². The normalized spacial score (nSPS) is 24.5. The second kappa shape index (κ2) is 6.06. The summed E-state index contributed by atoms with van der Waals surface area (Å²) in [4.78, 5) is 0. The third kappa shape index (κ3) is 2.85. The van der Waals surface area contributed by atoms with E-state index in [1.54, 1.807) is 5.56 Å². The van der Waals surface area contributed by atoms with Crippen LogP contribution in [-0.2, 0) is 6.42 Å². The first-order chi connectivity index (χ1) is 9.38. The summed E-state index contributed by atoms with van der Waals surface area (Å²) in [5.41, 5.74) is 7.55. The number of fused-ring (bicyclic) bond motifs is 1. The first-order valence-corrected chi connectivity index (χ1v) is 8.41. The van der Waals surface area contributed by atoms with Gasteiger partial charge in [0.1, 0.15) is 0 Å². The molecule has 1 fully saturated rings. The zero-order chi connectivity index (χ0) is 13.1. The maximum Gasteiger partial charge on any atom is 0.0345 e. The van der Waals surface area contributed by atoms with Crippen molar-refractivity contribution in [2.24, 2.45) is 17.6 Å². The molecule has 2 aromatic rings. The molecule has 0 aliphatic heterocycles. The van der Waals surface area contributed by atoms with Crippen molar-refractivity contribution in [3.63, 3.8) is 0 Å². The molecule has 1 aromatic heterocycles. The van der Waals surface area contributed by atoms with E-state index in [2.05, 4.69) is 29.6 Å². The Kier molecular flexibility index (Phi) is 4.19. The van der Waals surface area contributed by atoms with Gasteiger partial charge in [-0.15, -0.1) is 11.3 Å². The third-order valence-corrected chi connectivity index (χ3v) is 5.67. The Balaban J connectivity index is 1.82. The van der Waals surface area contributed by atoms with Crippen LogP contribution in [0.4, 0.5) is 0 Å². The van der Waals surface area contributed by atoms with E-state index < -0.39 is 0 Å². The maximum atomic E-state index is 6.01. The van der Waals surface area contributed by atoms with Gasteiger partial charge in [-0.2, -0.15) is 0 Å². The minimum absolute atomic E-state index is 0.737. The van der Waals surface area contributed by atoms with Crippen molar-refractivity contribution in [2.45, 2.75) is 38.5 Å². The van der Waals surface area contributed by atoms with Crippen molar-refractivity contribution in [1.82, 2.24) is 0 Å². The molecule has 1 aliphatic carbocycles. The Morgan fingerprint density at radius 3 is 2.68 bits per heavy atom. The van der Waals surface area contributed by atoms with Gasteiger partial charge in [0.25, 0.3) is 0 Å². The fraction of sp³-hybridized carbons (Fsp3) is 0.529. The lowest BCUT2D eigenvalue weighted by Crippen LogP contribution is -2.24. The molecule has 0 saturated heterocycles. The fourth-order valence-electron chi connectivity index (χ4n) is 3.51. The zero-order valence-corrected chi connectivity index (χ0v) is 12.3. The topological polar surface area (TPSA) is 26.0 Å². The highest BCUT2D eigenvalue weighted by molar-refractivity contribution is 7.17. The maximum absolute atomic E-state index is 6.01. The van der Waals surface area contributed by atoms with Crippen LogP contribution in [0.25, 0.3) is 10.1 Å². The predicted molar refractivity (Wildman–Crippen MR) is 84.6 cm³/mol. The summed E-state index contributed by atoms with van der Waals surface area (Å²) in [6.45, 7) is 0.868. The highest BCUT2D eigenvalue weighted by Crippen LogP contribution is 2.34. The number of thiophene rings is 1. The average molecular weight is 273 g/mol. The second-order valence-corrected chi connectivity index (χ2v) is 6.77.